The van der Waals surface area contributed by atoms with E-state index in [0.717, 1.165) is 5.56 Å². The molecule has 3 fully saturated rings. The maximum Gasteiger partial charge on any atom is 0.239 e. The van der Waals surface area contributed by atoms with Crippen molar-refractivity contribution in [2.45, 2.75) is 80.5 Å². The smallest absolute Gasteiger partial charge is 0.239 e. The first-order valence-electron chi connectivity index (χ1n) is 10.9. The van der Waals surface area contributed by atoms with Gasteiger partial charge in [-0.15, -0.1) is 0 Å². The van der Waals surface area contributed by atoms with Crippen LogP contribution in [0.15, 0.2) is 24.5 Å². The van der Waals surface area contributed by atoms with E-state index < -0.39 is 54.6 Å². The molecule has 1 aromatic rings. The molecule has 1 saturated carbocycles. The summed E-state index contributed by atoms with van der Waals surface area (Å²) >= 11 is 0. The molecule has 11 nitrogen and oxygen atoms in total. The summed E-state index contributed by atoms with van der Waals surface area (Å²) in [6.45, 7) is 1.81. The van der Waals surface area contributed by atoms with E-state index in [2.05, 4.69) is 20.9 Å². The SMILES string of the molecule is CN[C@@H]1[C@H](O)[C@H](NC)C2O[C@]3(O)C(OC2[C@@H]1O)O[C@H](C)C[C@H]3NC(=O)Cc1cccnc1. The van der Waals surface area contributed by atoms with E-state index in [1.165, 1.54) is 0 Å². The van der Waals surface area contributed by atoms with Gasteiger partial charge in [-0.25, -0.2) is 0 Å². The van der Waals surface area contributed by atoms with Gasteiger partial charge in [-0.2, -0.15) is 0 Å². The molecule has 11 heteroatoms. The van der Waals surface area contributed by atoms with Crippen molar-refractivity contribution >= 4 is 5.91 Å². The number of amides is 1. The fraction of sp³-hybridized carbons (Fsp3) is 0.714. The summed E-state index contributed by atoms with van der Waals surface area (Å²) in [5.74, 6) is -2.31. The number of carbonyl (C=O) groups is 1. The number of pyridine rings is 1. The summed E-state index contributed by atoms with van der Waals surface area (Å²) in [7, 11) is 3.29. The highest BCUT2D eigenvalue weighted by Crippen LogP contribution is 2.41. The third kappa shape index (κ3) is 4.15. The normalized spacial score (nSPS) is 43.8. The van der Waals surface area contributed by atoms with Gasteiger partial charge in [0.25, 0.3) is 0 Å². The summed E-state index contributed by atoms with van der Waals surface area (Å²) in [5, 5.41) is 41.8. The number of carbonyl (C=O) groups excluding carboxylic acids is 1. The number of nitrogens with zero attached hydrogens (tertiary/aromatic N) is 1. The number of aromatic nitrogens is 1. The van der Waals surface area contributed by atoms with Crippen LogP contribution in [0.1, 0.15) is 18.9 Å². The molecule has 0 aromatic carbocycles. The molecule has 3 unspecified atom stereocenters. The van der Waals surface area contributed by atoms with Crippen molar-refractivity contribution in [1.82, 2.24) is 20.9 Å². The van der Waals surface area contributed by atoms with Crippen molar-refractivity contribution < 1.29 is 34.3 Å². The Labute approximate surface area is 186 Å². The first kappa shape index (κ1) is 23.5. The molecule has 32 heavy (non-hydrogen) atoms. The van der Waals surface area contributed by atoms with E-state index in [0.29, 0.717) is 6.42 Å². The number of nitrogens with one attached hydrogen (secondary N) is 3. The van der Waals surface area contributed by atoms with Crippen molar-refractivity contribution in [2.75, 3.05) is 14.1 Å². The molecule has 6 N–H and O–H groups in total. The standard InChI is InChI=1S/C21H32N4O7/c1-10-7-12(25-13(26)8-11-5-4-6-24-9-11)21(29)20(30-10)31-19-17(28)14(22-2)16(27)15(23-3)18(19)32-21/h4-6,9-10,12,14-20,22-23,27-29H,7-8H2,1-3H3,(H,25,26)/t10-,12-,14-,15+,16+,17-,18?,19?,20?,21+/m1/s1. The molecule has 0 bridgehead atoms. The molecule has 1 amide bonds. The van der Waals surface area contributed by atoms with Crippen LogP contribution in [0.4, 0.5) is 0 Å². The predicted molar refractivity (Wildman–Crippen MR) is 111 cm³/mol. The molecule has 1 aromatic heterocycles. The second-order valence-corrected chi connectivity index (χ2v) is 8.72. The van der Waals surface area contributed by atoms with Crippen LogP contribution in [-0.2, 0) is 25.4 Å². The molecule has 4 rings (SSSR count). The Morgan fingerprint density at radius 2 is 1.94 bits per heavy atom. The minimum atomic E-state index is -2.00. The number of hydrogen-bond donors (Lipinski definition) is 6. The second-order valence-electron chi connectivity index (χ2n) is 8.72. The van der Waals surface area contributed by atoms with Gasteiger partial charge in [0, 0.05) is 12.4 Å². The van der Waals surface area contributed by atoms with Crippen LogP contribution in [0.2, 0.25) is 0 Å². The van der Waals surface area contributed by atoms with Gasteiger partial charge in [0.1, 0.15) is 18.3 Å². The van der Waals surface area contributed by atoms with Crippen LogP contribution in [-0.4, -0.2) is 101 Å². The number of aliphatic hydroxyl groups is 3. The first-order chi connectivity index (χ1) is 15.3. The van der Waals surface area contributed by atoms with Crippen molar-refractivity contribution in [3.05, 3.63) is 30.1 Å². The van der Waals surface area contributed by atoms with Gasteiger partial charge in [0.05, 0.1) is 36.8 Å². The molecule has 0 spiro atoms. The van der Waals surface area contributed by atoms with Crippen molar-refractivity contribution in [3.8, 4) is 0 Å². The van der Waals surface area contributed by atoms with Gasteiger partial charge in [0.15, 0.2) is 0 Å². The molecule has 2 saturated heterocycles. The molecule has 3 aliphatic rings. The van der Waals surface area contributed by atoms with E-state index in [-0.39, 0.29) is 18.4 Å². The average Bonchev–Trinajstić information content (AvgIpc) is 2.75. The topological polar surface area (TPSA) is 154 Å². The van der Waals surface area contributed by atoms with Crippen LogP contribution in [0.25, 0.3) is 0 Å². The minimum Gasteiger partial charge on any atom is -0.390 e. The third-order valence-electron chi connectivity index (χ3n) is 6.57. The van der Waals surface area contributed by atoms with Crippen LogP contribution < -0.4 is 16.0 Å². The maximum absolute atomic E-state index is 12.7. The highest BCUT2D eigenvalue weighted by molar-refractivity contribution is 5.78. The summed E-state index contributed by atoms with van der Waals surface area (Å²) in [6, 6.07) is 1.41. The molecule has 0 radical (unpaired) electrons. The van der Waals surface area contributed by atoms with Crippen molar-refractivity contribution in [1.29, 1.82) is 0 Å². The van der Waals surface area contributed by atoms with Crippen molar-refractivity contribution in [3.63, 3.8) is 0 Å². The van der Waals surface area contributed by atoms with E-state index in [4.69, 9.17) is 14.2 Å². The fourth-order valence-corrected chi connectivity index (χ4v) is 4.95. The Morgan fingerprint density at radius 3 is 2.59 bits per heavy atom. The molecule has 1 aliphatic carbocycles. The van der Waals surface area contributed by atoms with Crippen LogP contribution >= 0.6 is 0 Å². The zero-order chi connectivity index (χ0) is 23.0. The lowest BCUT2D eigenvalue weighted by molar-refractivity contribution is -0.449. The Bertz CT molecular complexity index is 802. The lowest BCUT2D eigenvalue weighted by Crippen LogP contribution is -2.79. The number of fused-ring (bicyclic) bond motifs is 2. The summed E-state index contributed by atoms with van der Waals surface area (Å²) in [6.07, 6.45) is -1.81. The van der Waals surface area contributed by atoms with Gasteiger partial charge in [-0.1, -0.05) is 6.07 Å². The number of ether oxygens (including phenoxy) is 3. The maximum atomic E-state index is 12.7. The summed E-state index contributed by atoms with van der Waals surface area (Å²) in [5.41, 5.74) is 0.737. The molecule has 178 valence electrons. The van der Waals surface area contributed by atoms with E-state index in [1.807, 2.05) is 6.92 Å². The highest BCUT2D eigenvalue weighted by Gasteiger charge is 2.63. The Balaban J connectivity index is 1.56. The van der Waals surface area contributed by atoms with E-state index in [1.54, 1.807) is 38.6 Å². The molecular formula is C21H32N4O7. The van der Waals surface area contributed by atoms with Crippen LogP contribution in [0.5, 0.6) is 0 Å². The third-order valence-corrected chi connectivity index (χ3v) is 6.57. The molecule has 2 aliphatic heterocycles. The minimum absolute atomic E-state index is 0.0909. The largest absolute Gasteiger partial charge is 0.390 e. The number of aliphatic hydroxyl groups excluding tert-OH is 2. The molecule has 3 heterocycles. The monoisotopic (exact) mass is 452 g/mol. The van der Waals surface area contributed by atoms with E-state index in [9.17, 15) is 20.1 Å². The Kier molecular flexibility index (Phi) is 6.80. The number of rotatable bonds is 5. The second kappa shape index (κ2) is 9.27. The van der Waals surface area contributed by atoms with Crippen molar-refractivity contribution in [2.24, 2.45) is 0 Å². The Morgan fingerprint density at radius 1 is 1.19 bits per heavy atom. The zero-order valence-electron chi connectivity index (χ0n) is 18.3. The lowest BCUT2D eigenvalue weighted by atomic mass is 9.79. The molecule has 10 atom stereocenters. The summed E-state index contributed by atoms with van der Waals surface area (Å²) < 4.78 is 17.9. The average molecular weight is 453 g/mol. The van der Waals surface area contributed by atoms with Crippen LogP contribution in [0, 0.1) is 0 Å². The predicted octanol–water partition coefficient (Wildman–Crippen LogP) is -2.37. The van der Waals surface area contributed by atoms with Gasteiger partial charge >= 0.3 is 0 Å². The van der Waals surface area contributed by atoms with Gasteiger partial charge in [-0.05, 0) is 39.1 Å². The number of hydrogen-bond acceptors (Lipinski definition) is 10. The fourth-order valence-electron chi connectivity index (χ4n) is 4.95. The van der Waals surface area contributed by atoms with Gasteiger partial charge in [0.2, 0.25) is 18.0 Å². The lowest BCUT2D eigenvalue weighted by Gasteiger charge is -2.58. The highest BCUT2D eigenvalue weighted by atomic mass is 16.8. The van der Waals surface area contributed by atoms with Crippen LogP contribution in [0.3, 0.4) is 0 Å². The number of likely N-dealkylation sites (N-methyl/N-ethyl adjacent to an activating group) is 2. The van der Waals surface area contributed by atoms with E-state index >= 15 is 0 Å². The Hall–Kier alpha value is -1.70. The van der Waals surface area contributed by atoms with Gasteiger partial charge < -0.3 is 45.5 Å². The molecular weight excluding hydrogens is 420 g/mol. The first-order valence-corrected chi connectivity index (χ1v) is 10.9. The quantitative estimate of drug-likeness (QED) is 0.286. The zero-order valence-corrected chi connectivity index (χ0v) is 18.3. The summed E-state index contributed by atoms with van der Waals surface area (Å²) in [4.78, 5) is 16.7. The van der Waals surface area contributed by atoms with Gasteiger partial charge in [-0.3, -0.25) is 9.78 Å².